The molecule has 0 saturated heterocycles. The largest absolute Gasteiger partial charge is 0.462 e. The molecule has 0 N–H and O–H groups in total. The van der Waals surface area contributed by atoms with E-state index in [2.05, 4.69) is 21.0 Å². The van der Waals surface area contributed by atoms with Crippen molar-refractivity contribution in [2.24, 2.45) is 0 Å². The first-order valence-electron chi connectivity index (χ1n) is 5.73. The lowest BCUT2D eigenvalue weighted by Crippen LogP contribution is -2.04. The lowest BCUT2D eigenvalue weighted by atomic mass is 10.2. The summed E-state index contributed by atoms with van der Waals surface area (Å²) in [5.74, 6) is -0.743. The van der Waals surface area contributed by atoms with E-state index < -0.39 is 5.97 Å². The van der Waals surface area contributed by atoms with Gasteiger partial charge in [0.1, 0.15) is 5.82 Å². The molecule has 2 aromatic rings. The van der Waals surface area contributed by atoms with Crippen LogP contribution in [-0.4, -0.2) is 22.4 Å². The van der Waals surface area contributed by atoms with E-state index in [-0.39, 0.29) is 12.4 Å². The quantitative estimate of drug-likeness (QED) is 0.811. The van der Waals surface area contributed by atoms with Crippen LogP contribution >= 0.6 is 15.9 Å². The Bertz CT molecular complexity index is 598. The van der Waals surface area contributed by atoms with Gasteiger partial charge in [0.05, 0.1) is 24.9 Å². The molecule has 0 aliphatic rings. The van der Waals surface area contributed by atoms with Gasteiger partial charge in [-0.2, -0.15) is 5.10 Å². The van der Waals surface area contributed by atoms with Gasteiger partial charge in [-0.1, -0.05) is 22.0 Å². The molecule has 0 amide bonds. The predicted octanol–water partition coefficient (Wildman–Crippen LogP) is 3.01. The van der Waals surface area contributed by atoms with Gasteiger partial charge in [0.15, 0.2) is 0 Å². The highest BCUT2D eigenvalue weighted by atomic mass is 79.9. The molecule has 0 unspecified atom stereocenters. The molecule has 6 heteroatoms. The first kappa shape index (κ1) is 13.7. The third-order valence-electron chi connectivity index (χ3n) is 2.49. The Morgan fingerprint density at radius 2 is 2.32 bits per heavy atom. The molecule has 0 spiro atoms. The van der Waals surface area contributed by atoms with Crippen molar-refractivity contribution in [3.8, 4) is 0 Å². The lowest BCUT2D eigenvalue weighted by molar-refractivity contribution is 0.0526. The van der Waals surface area contributed by atoms with Crippen LogP contribution in [0.25, 0.3) is 0 Å². The van der Waals surface area contributed by atoms with Crippen molar-refractivity contribution < 1.29 is 13.9 Å². The molecule has 4 nitrogen and oxygen atoms in total. The standard InChI is InChI=1S/C13H12BrFN2O2/c1-2-19-13(18)10-6-16-17(8-10)7-9-3-4-11(14)5-12(9)15/h3-6,8H,2,7H2,1H3. The van der Waals surface area contributed by atoms with E-state index in [0.717, 1.165) is 0 Å². The Morgan fingerprint density at radius 1 is 1.53 bits per heavy atom. The van der Waals surface area contributed by atoms with E-state index in [0.29, 0.717) is 22.2 Å². The fourth-order valence-electron chi connectivity index (χ4n) is 1.59. The van der Waals surface area contributed by atoms with Crippen LogP contribution in [0.1, 0.15) is 22.8 Å². The predicted molar refractivity (Wildman–Crippen MR) is 71.4 cm³/mol. The Morgan fingerprint density at radius 3 is 3.00 bits per heavy atom. The minimum Gasteiger partial charge on any atom is -0.462 e. The highest BCUT2D eigenvalue weighted by Gasteiger charge is 2.10. The van der Waals surface area contributed by atoms with E-state index in [1.165, 1.54) is 16.9 Å². The monoisotopic (exact) mass is 326 g/mol. The van der Waals surface area contributed by atoms with Crippen molar-refractivity contribution in [1.29, 1.82) is 0 Å². The number of hydrogen-bond donors (Lipinski definition) is 0. The number of aromatic nitrogens is 2. The molecule has 1 heterocycles. The van der Waals surface area contributed by atoms with Gasteiger partial charge in [0, 0.05) is 16.2 Å². The molecule has 0 bridgehead atoms. The Kier molecular flexibility index (Phi) is 4.31. The van der Waals surface area contributed by atoms with Crippen molar-refractivity contribution in [1.82, 2.24) is 9.78 Å². The number of hydrogen-bond acceptors (Lipinski definition) is 3. The van der Waals surface area contributed by atoms with Crippen LogP contribution < -0.4 is 0 Å². The summed E-state index contributed by atoms with van der Waals surface area (Å²) in [6.45, 7) is 2.31. The molecule has 2 rings (SSSR count). The van der Waals surface area contributed by atoms with Gasteiger partial charge in [-0.3, -0.25) is 4.68 Å². The van der Waals surface area contributed by atoms with Gasteiger partial charge in [-0.25, -0.2) is 9.18 Å². The topological polar surface area (TPSA) is 44.1 Å². The molecular weight excluding hydrogens is 315 g/mol. The normalized spacial score (nSPS) is 10.5. The summed E-state index contributed by atoms with van der Waals surface area (Å²) in [5.41, 5.74) is 0.862. The van der Waals surface area contributed by atoms with E-state index in [9.17, 15) is 9.18 Å². The lowest BCUT2D eigenvalue weighted by Gasteiger charge is -2.04. The Hall–Kier alpha value is -1.69. The second-order valence-corrected chi connectivity index (χ2v) is 4.80. The van der Waals surface area contributed by atoms with E-state index >= 15 is 0 Å². The number of carbonyl (C=O) groups is 1. The van der Waals surface area contributed by atoms with Crippen LogP contribution in [0.3, 0.4) is 0 Å². The summed E-state index contributed by atoms with van der Waals surface area (Å²) in [4.78, 5) is 11.5. The molecule has 1 aromatic carbocycles. The average Bonchev–Trinajstić information content (AvgIpc) is 2.82. The van der Waals surface area contributed by atoms with Crippen LogP contribution in [0.15, 0.2) is 35.1 Å². The van der Waals surface area contributed by atoms with Crippen molar-refractivity contribution in [2.45, 2.75) is 13.5 Å². The van der Waals surface area contributed by atoms with E-state index in [4.69, 9.17) is 4.74 Å². The van der Waals surface area contributed by atoms with Crippen LogP contribution in [0.5, 0.6) is 0 Å². The third kappa shape index (κ3) is 3.41. The number of nitrogens with zero attached hydrogens (tertiary/aromatic N) is 2. The maximum absolute atomic E-state index is 13.7. The van der Waals surface area contributed by atoms with Crippen molar-refractivity contribution in [3.05, 3.63) is 52.0 Å². The fraction of sp³-hybridized carbons (Fsp3) is 0.231. The summed E-state index contributed by atoms with van der Waals surface area (Å²) in [5, 5.41) is 4.02. The maximum Gasteiger partial charge on any atom is 0.341 e. The summed E-state index contributed by atoms with van der Waals surface area (Å²) in [6, 6.07) is 4.82. The molecule has 1 aromatic heterocycles. The highest BCUT2D eigenvalue weighted by Crippen LogP contribution is 2.16. The summed E-state index contributed by atoms with van der Waals surface area (Å²) >= 11 is 3.20. The van der Waals surface area contributed by atoms with Gasteiger partial charge in [-0.15, -0.1) is 0 Å². The summed E-state index contributed by atoms with van der Waals surface area (Å²) in [7, 11) is 0. The van der Waals surface area contributed by atoms with Gasteiger partial charge in [0.25, 0.3) is 0 Å². The van der Waals surface area contributed by atoms with Crippen LogP contribution in [-0.2, 0) is 11.3 Å². The molecule has 0 radical (unpaired) electrons. The number of halogens is 2. The fourth-order valence-corrected chi connectivity index (χ4v) is 1.93. The van der Waals surface area contributed by atoms with Crippen LogP contribution in [0.2, 0.25) is 0 Å². The van der Waals surface area contributed by atoms with Gasteiger partial charge >= 0.3 is 5.97 Å². The SMILES string of the molecule is CCOC(=O)c1cnn(Cc2ccc(Br)cc2F)c1. The van der Waals surface area contributed by atoms with Gasteiger partial charge < -0.3 is 4.74 Å². The van der Waals surface area contributed by atoms with E-state index in [1.807, 2.05) is 0 Å². The molecule has 100 valence electrons. The highest BCUT2D eigenvalue weighted by molar-refractivity contribution is 9.10. The second-order valence-electron chi connectivity index (χ2n) is 3.88. The van der Waals surface area contributed by atoms with Crippen molar-refractivity contribution >= 4 is 21.9 Å². The summed E-state index contributed by atoms with van der Waals surface area (Å²) in [6.07, 6.45) is 2.95. The number of rotatable bonds is 4. The molecule has 0 fully saturated rings. The molecule has 0 atom stereocenters. The smallest absolute Gasteiger partial charge is 0.341 e. The minimum absolute atomic E-state index is 0.262. The first-order valence-corrected chi connectivity index (χ1v) is 6.53. The zero-order valence-corrected chi connectivity index (χ0v) is 11.9. The molecular formula is C13H12BrFN2O2. The molecule has 0 aliphatic carbocycles. The summed E-state index contributed by atoms with van der Waals surface area (Å²) < 4.78 is 20.7. The number of ether oxygens (including phenoxy) is 1. The van der Waals surface area contributed by atoms with Gasteiger partial charge in [-0.05, 0) is 19.1 Å². The third-order valence-corrected chi connectivity index (χ3v) is 2.99. The van der Waals surface area contributed by atoms with Crippen molar-refractivity contribution in [3.63, 3.8) is 0 Å². The Balaban J connectivity index is 2.13. The minimum atomic E-state index is -0.426. The van der Waals surface area contributed by atoms with E-state index in [1.54, 1.807) is 25.3 Å². The second kappa shape index (κ2) is 5.97. The molecule has 0 saturated carbocycles. The van der Waals surface area contributed by atoms with Crippen LogP contribution in [0, 0.1) is 5.82 Å². The van der Waals surface area contributed by atoms with Gasteiger partial charge in [0.2, 0.25) is 0 Å². The number of benzene rings is 1. The zero-order valence-electron chi connectivity index (χ0n) is 10.3. The van der Waals surface area contributed by atoms with Crippen LogP contribution in [0.4, 0.5) is 4.39 Å². The number of carbonyl (C=O) groups excluding carboxylic acids is 1. The molecule has 0 aliphatic heterocycles. The molecule has 19 heavy (non-hydrogen) atoms. The maximum atomic E-state index is 13.7. The average molecular weight is 327 g/mol. The zero-order chi connectivity index (χ0) is 13.8. The number of esters is 1. The Labute approximate surface area is 118 Å². The van der Waals surface area contributed by atoms with Crippen molar-refractivity contribution in [2.75, 3.05) is 6.61 Å². The first-order chi connectivity index (χ1) is 9.10.